The van der Waals surface area contributed by atoms with Gasteiger partial charge in [0.25, 0.3) is 11.8 Å². The van der Waals surface area contributed by atoms with Crippen molar-refractivity contribution in [2.45, 2.75) is 82.5 Å². The lowest BCUT2D eigenvalue weighted by Gasteiger charge is -2.50. The van der Waals surface area contributed by atoms with Gasteiger partial charge in [-0.2, -0.15) is 26.3 Å². The van der Waals surface area contributed by atoms with Gasteiger partial charge >= 0.3 is 12.4 Å². The van der Waals surface area contributed by atoms with Gasteiger partial charge in [-0.3, -0.25) is 14.6 Å². The number of aromatic nitrogens is 1. The van der Waals surface area contributed by atoms with E-state index in [1.54, 1.807) is 4.90 Å². The van der Waals surface area contributed by atoms with E-state index in [9.17, 15) is 35.9 Å². The van der Waals surface area contributed by atoms with Gasteiger partial charge in [0.15, 0.2) is 0 Å². The van der Waals surface area contributed by atoms with E-state index in [0.29, 0.717) is 25.0 Å². The number of carbonyl (C=O) groups is 2. The molecule has 258 valence electrons. The predicted octanol–water partition coefficient (Wildman–Crippen LogP) is 7.72. The van der Waals surface area contributed by atoms with Gasteiger partial charge in [-0.15, -0.1) is 0 Å². The van der Waals surface area contributed by atoms with Crippen LogP contribution in [-0.2, 0) is 17.1 Å². The van der Waals surface area contributed by atoms with Crippen LogP contribution < -0.4 is 9.47 Å². The fraction of sp³-hybridized carbons (Fsp3) is 0.457. The normalized spacial score (nSPS) is 20.8. The summed E-state index contributed by atoms with van der Waals surface area (Å²) in [6, 6.07) is 11.2. The average molecular weight is 678 g/mol. The van der Waals surface area contributed by atoms with Crippen LogP contribution in [0.2, 0.25) is 0 Å². The first-order valence-electron chi connectivity index (χ1n) is 15.9. The summed E-state index contributed by atoms with van der Waals surface area (Å²) in [5.41, 5.74) is -3.42. The van der Waals surface area contributed by atoms with Gasteiger partial charge in [0, 0.05) is 51.3 Å². The molecule has 0 spiro atoms. The second kappa shape index (κ2) is 14.1. The van der Waals surface area contributed by atoms with Crippen molar-refractivity contribution in [3.63, 3.8) is 0 Å². The quantitative estimate of drug-likeness (QED) is 0.229. The number of hydrogen-bond acceptors (Lipinski definition) is 5. The highest BCUT2D eigenvalue weighted by atomic mass is 19.4. The summed E-state index contributed by atoms with van der Waals surface area (Å²) in [5.74, 6) is -0.756. The third kappa shape index (κ3) is 7.55. The van der Waals surface area contributed by atoms with Crippen LogP contribution in [0.5, 0.6) is 11.5 Å². The largest absolute Gasteiger partial charge is 0.490 e. The molecular formula is C35H37F6N3O4. The minimum absolute atomic E-state index is 0.0262. The zero-order chi connectivity index (χ0) is 34.7. The number of pyridine rings is 1. The molecule has 7 nitrogen and oxygen atoms in total. The summed E-state index contributed by atoms with van der Waals surface area (Å²) in [4.78, 5) is 35.2. The number of hydrogen-bond donors (Lipinski definition) is 0. The van der Waals surface area contributed by atoms with Gasteiger partial charge in [-0.25, -0.2) is 0 Å². The highest BCUT2D eigenvalue weighted by Crippen LogP contribution is 2.41. The molecule has 1 aromatic heterocycles. The van der Waals surface area contributed by atoms with E-state index in [2.05, 4.69) is 4.98 Å². The van der Waals surface area contributed by atoms with Gasteiger partial charge in [0.1, 0.15) is 17.6 Å². The first-order valence-corrected chi connectivity index (χ1v) is 15.9. The molecule has 0 N–H and O–H groups in total. The number of halogens is 6. The Hall–Kier alpha value is -4.29. The lowest BCUT2D eigenvalue weighted by atomic mass is 9.79. The van der Waals surface area contributed by atoms with Crippen molar-refractivity contribution >= 4 is 11.8 Å². The molecule has 13 heteroatoms. The Labute approximate surface area is 274 Å². The van der Waals surface area contributed by atoms with Crippen LogP contribution in [0.4, 0.5) is 26.3 Å². The number of ether oxygens (including phenoxy) is 2. The standard InChI is InChI=1S/C35H37F6N3O4/c1-3-5-30-33(48-27-12-8-24(9-13-27)34(36,37)38,17-4-19-44(30)31(45)28-22-42-18-14-29(28)35(39,40)41)32(46)43-20-15-26(16-21-43)47-25-10-6-23(2)7-11-25/h6-14,18,22,26,30H,3-5,15-17,19-21H2,1-2H3/t30-,33+/m1/s1. The summed E-state index contributed by atoms with van der Waals surface area (Å²) in [6.45, 7) is 4.38. The number of rotatable bonds is 8. The third-order valence-electron chi connectivity index (χ3n) is 8.94. The van der Waals surface area contributed by atoms with E-state index in [0.717, 1.165) is 48.3 Å². The van der Waals surface area contributed by atoms with Crippen LogP contribution in [0.25, 0.3) is 0 Å². The Bertz CT molecular complexity index is 1570. The van der Waals surface area contributed by atoms with Gasteiger partial charge in [0.05, 0.1) is 22.7 Å². The molecule has 0 bridgehead atoms. The van der Waals surface area contributed by atoms with Crippen molar-refractivity contribution in [2.75, 3.05) is 19.6 Å². The fourth-order valence-corrected chi connectivity index (χ4v) is 6.55. The van der Waals surface area contributed by atoms with Gasteiger partial charge in [-0.1, -0.05) is 31.0 Å². The number of amides is 2. The first-order chi connectivity index (χ1) is 22.7. The Morgan fingerprint density at radius 2 is 1.54 bits per heavy atom. The number of piperidine rings is 2. The van der Waals surface area contributed by atoms with E-state index in [1.807, 2.05) is 38.1 Å². The maximum Gasteiger partial charge on any atom is 0.417 e. The van der Waals surface area contributed by atoms with E-state index in [1.165, 1.54) is 4.90 Å². The maximum atomic E-state index is 14.7. The average Bonchev–Trinajstić information content (AvgIpc) is 3.06. The smallest absolute Gasteiger partial charge is 0.417 e. The Morgan fingerprint density at radius 3 is 2.15 bits per heavy atom. The topological polar surface area (TPSA) is 72.0 Å². The van der Waals surface area contributed by atoms with Crippen LogP contribution in [0.1, 0.15) is 72.5 Å². The molecule has 0 unspecified atom stereocenters. The zero-order valence-corrected chi connectivity index (χ0v) is 26.6. The number of alkyl halides is 6. The summed E-state index contributed by atoms with van der Waals surface area (Å²) in [5, 5.41) is 0. The molecule has 0 radical (unpaired) electrons. The van der Waals surface area contributed by atoms with Gasteiger partial charge in [0.2, 0.25) is 5.60 Å². The van der Waals surface area contributed by atoms with Crippen molar-refractivity contribution in [1.82, 2.24) is 14.8 Å². The summed E-state index contributed by atoms with van der Waals surface area (Å²) in [7, 11) is 0. The Balaban J connectivity index is 1.48. The number of benzene rings is 2. The molecule has 3 aromatic rings. The molecule has 2 atom stereocenters. The molecule has 3 heterocycles. The van der Waals surface area contributed by atoms with E-state index >= 15 is 0 Å². The molecule has 5 rings (SSSR count). The minimum atomic E-state index is -4.83. The second-order valence-electron chi connectivity index (χ2n) is 12.3. The summed E-state index contributed by atoms with van der Waals surface area (Å²) >= 11 is 0. The first kappa shape index (κ1) is 35.0. The zero-order valence-electron chi connectivity index (χ0n) is 26.6. The van der Waals surface area contributed by atoms with Crippen LogP contribution in [0, 0.1) is 6.92 Å². The molecule has 2 fully saturated rings. The Kier molecular flexibility index (Phi) is 10.3. The summed E-state index contributed by atoms with van der Waals surface area (Å²) < 4.78 is 94.5. The van der Waals surface area contributed by atoms with Crippen molar-refractivity contribution in [2.24, 2.45) is 0 Å². The van der Waals surface area contributed by atoms with Crippen molar-refractivity contribution in [3.8, 4) is 11.5 Å². The molecule has 2 aliphatic rings. The molecular weight excluding hydrogens is 640 g/mol. The van der Waals surface area contributed by atoms with Crippen LogP contribution in [0.15, 0.2) is 67.0 Å². The highest BCUT2D eigenvalue weighted by Gasteiger charge is 2.56. The van der Waals surface area contributed by atoms with Crippen LogP contribution >= 0.6 is 0 Å². The number of carbonyl (C=O) groups excluding carboxylic acids is 2. The molecule has 0 saturated carbocycles. The number of likely N-dealkylation sites (tertiary alicyclic amines) is 2. The molecule has 2 aliphatic heterocycles. The lowest BCUT2D eigenvalue weighted by molar-refractivity contribution is -0.161. The van der Waals surface area contributed by atoms with Crippen LogP contribution in [0.3, 0.4) is 0 Å². The second-order valence-corrected chi connectivity index (χ2v) is 12.3. The van der Waals surface area contributed by atoms with Crippen molar-refractivity contribution in [3.05, 3.63) is 89.2 Å². The van der Waals surface area contributed by atoms with Crippen molar-refractivity contribution in [1.29, 1.82) is 0 Å². The van der Waals surface area contributed by atoms with E-state index in [-0.39, 0.29) is 50.8 Å². The molecule has 48 heavy (non-hydrogen) atoms. The van der Waals surface area contributed by atoms with Gasteiger partial charge < -0.3 is 19.3 Å². The molecule has 2 aromatic carbocycles. The lowest BCUT2D eigenvalue weighted by Crippen LogP contribution is -2.68. The number of nitrogens with zero attached hydrogens (tertiary/aromatic N) is 3. The number of aryl methyl sites for hydroxylation is 1. The minimum Gasteiger partial charge on any atom is -0.490 e. The summed E-state index contributed by atoms with van der Waals surface area (Å²) in [6.07, 6.45) is -5.90. The van der Waals surface area contributed by atoms with Gasteiger partial charge in [-0.05, 0) is 62.2 Å². The predicted molar refractivity (Wildman–Crippen MR) is 164 cm³/mol. The fourth-order valence-electron chi connectivity index (χ4n) is 6.55. The third-order valence-corrected chi connectivity index (χ3v) is 8.94. The van der Waals surface area contributed by atoms with E-state index < -0.39 is 52.5 Å². The molecule has 0 aliphatic carbocycles. The maximum absolute atomic E-state index is 14.7. The Morgan fingerprint density at radius 1 is 0.896 bits per heavy atom. The van der Waals surface area contributed by atoms with Crippen LogP contribution in [-0.4, -0.2) is 64.0 Å². The highest BCUT2D eigenvalue weighted by molar-refractivity contribution is 5.97. The monoisotopic (exact) mass is 677 g/mol. The van der Waals surface area contributed by atoms with E-state index in [4.69, 9.17) is 9.47 Å². The SMILES string of the molecule is CCC[C@H]1N(C(=O)c2cnccc2C(F)(F)F)CCC[C@@]1(Oc1ccc(C(F)(F)F)cc1)C(=O)N1CCC(Oc2ccc(C)cc2)CC1. The molecule has 2 saturated heterocycles. The molecule has 2 amide bonds. The van der Waals surface area contributed by atoms with Crippen molar-refractivity contribution < 1.29 is 45.4 Å².